The van der Waals surface area contributed by atoms with Crippen molar-refractivity contribution in [2.45, 2.75) is 70.0 Å². The van der Waals surface area contributed by atoms with Crippen molar-refractivity contribution in [1.29, 1.82) is 0 Å². The third-order valence-electron chi connectivity index (χ3n) is 3.70. The topological polar surface area (TPSA) is 55.4 Å². The van der Waals surface area contributed by atoms with E-state index in [4.69, 9.17) is 28.4 Å². The van der Waals surface area contributed by atoms with Gasteiger partial charge < -0.3 is 28.4 Å². The monoisotopic (exact) mass is 274 g/mol. The second kappa shape index (κ2) is 4.38. The Morgan fingerprint density at radius 2 is 1.68 bits per heavy atom. The van der Waals surface area contributed by atoms with Crippen LogP contribution < -0.4 is 0 Å². The second-order valence-electron chi connectivity index (χ2n) is 6.14. The highest BCUT2D eigenvalue weighted by atomic mass is 16.8. The predicted octanol–water partition coefficient (Wildman–Crippen LogP) is 1.03. The molecule has 1 unspecified atom stereocenters. The maximum absolute atomic E-state index is 5.92. The molecule has 6 nitrogen and oxygen atoms in total. The Balaban J connectivity index is 1.72. The largest absolute Gasteiger partial charge is 0.376 e. The maximum atomic E-state index is 5.92. The van der Waals surface area contributed by atoms with E-state index in [0.29, 0.717) is 6.61 Å². The summed E-state index contributed by atoms with van der Waals surface area (Å²) in [5.41, 5.74) is 0. The summed E-state index contributed by atoms with van der Waals surface area (Å²) in [4.78, 5) is 0. The lowest BCUT2D eigenvalue weighted by atomic mass is 10.1. The highest BCUT2D eigenvalue weighted by Crippen LogP contribution is 2.41. The Hall–Kier alpha value is -0.240. The van der Waals surface area contributed by atoms with E-state index < -0.39 is 17.9 Å². The van der Waals surface area contributed by atoms with Crippen LogP contribution in [0.25, 0.3) is 0 Å². The first-order chi connectivity index (χ1) is 8.81. The lowest BCUT2D eigenvalue weighted by Crippen LogP contribution is -2.43. The lowest BCUT2D eigenvalue weighted by Gasteiger charge is -2.28. The van der Waals surface area contributed by atoms with E-state index in [0.717, 1.165) is 0 Å². The predicted molar refractivity (Wildman–Crippen MR) is 64.4 cm³/mol. The fourth-order valence-electron chi connectivity index (χ4n) is 2.95. The summed E-state index contributed by atoms with van der Waals surface area (Å²) in [7, 11) is 1.65. The molecular formula is C13H22O6. The second-order valence-corrected chi connectivity index (χ2v) is 6.14. The molecular weight excluding hydrogens is 252 g/mol. The Kier molecular flexibility index (Phi) is 3.16. The van der Waals surface area contributed by atoms with Crippen molar-refractivity contribution in [1.82, 2.24) is 0 Å². The molecule has 0 saturated carbocycles. The van der Waals surface area contributed by atoms with Crippen molar-refractivity contribution >= 4 is 0 Å². The quantitative estimate of drug-likeness (QED) is 0.749. The van der Waals surface area contributed by atoms with E-state index in [1.165, 1.54) is 0 Å². The van der Waals surface area contributed by atoms with Gasteiger partial charge in [-0.05, 0) is 27.7 Å². The summed E-state index contributed by atoms with van der Waals surface area (Å²) in [5.74, 6) is -1.21. The summed E-state index contributed by atoms with van der Waals surface area (Å²) in [6.07, 6.45) is -1.25. The van der Waals surface area contributed by atoms with Crippen molar-refractivity contribution in [3.8, 4) is 0 Å². The Labute approximate surface area is 113 Å². The lowest BCUT2D eigenvalue weighted by molar-refractivity contribution is -0.234. The third-order valence-corrected chi connectivity index (χ3v) is 3.70. The fourth-order valence-corrected chi connectivity index (χ4v) is 2.95. The molecule has 3 aliphatic heterocycles. The minimum atomic E-state index is -0.636. The molecule has 3 aliphatic rings. The molecule has 0 spiro atoms. The molecule has 19 heavy (non-hydrogen) atoms. The number of ether oxygens (including phenoxy) is 6. The zero-order valence-electron chi connectivity index (χ0n) is 12.0. The van der Waals surface area contributed by atoms with Crippen molar-refractivity contribution in [3.05, 3.63) is 0 Å². The fraction of sp³-hybridized carbons (Fsp3) is 1.00. The molecule has 3 fully saturated rings. The first-order valence-corrected chi connectivity index (χ1v) is 6.67. The molecule has 0 radical (unpaired) electrons. The van der Waals surface area contributed by atoms with E-state index in [9.17, 15) is 0 Å². The SMILES string of the molecule is CO[C@H]1[C@H]2OC(C)(C)O[C@H]2O[C@@H]1C1COC(C)(C)O1. The number of hydrogen-bond donors (Lipinski definition) is 0. The van der Waals surface area contributed by atoms with Crippen molar-refractivity contribution in [3.63, 3.8) is 0 Å². The zero-order valence-corrected chi connectivity index (χ0v) is 12.0. The van der Waals surface area contributed by atoms with Crippen LogP contribution in [0.4, 0.5) is 0 Å². The van der Waals surface area contributed by atoms with Gasteiger partial charge in [0.15, 0.2) is 17.9 Å². The number of hydrogen-bond acceptors (Lipinski definition) is 6. The molecule has 0 N–H and O–H groups in total. The van der Waals surface area contributed by atoms with E-state index in [1.54, 1.807) is 7.11 Å². The van der Waals surface area contributed by atoms with Crippen LogP contribution in [0.2, 0.25) is 0 Å². The van der Waals surface area contributed by atoms with E-state index >= 15 is 0 Å². The highest BCUT2D eigenvalue weighted by Gasteiger charge is 2.58. The normalized spacial score (nSPS) is 47.5. The van der Waals surface area contributed by atoms with E-state index in [2.05, 4.69) is 0 Å². The highest BCUT2D eigenvalue weighted by molar-refractivity contribution is 4.98. The van der Waals surface area contributed by atoms with Crippen molar-refractivity contribution in [2.75, 3.05) is 13.7 Å². The first-order valence-electron chi connectivity index (χ1n) is 6.67. The summed E-state index contributed by atoms with van der Waals surface area (Å²) < 4.78 is 34.5. The Bertz CT molecular complexity index is 355. The molecule has 3 rings (SSSR count). The van der Waals surface area contributed by atoms with Gasteiger partial charge in [0.25, 0.3) is 0 Å². The van der Waals surface area contributed by atoms with Gasteiger partial charge in [0.05, 0.1) is 6.61 Å². The maximum Gasteiger partial charge on any atom is 0.190 e. The van der Waals surface area contributed by atoms with Gasteiger partial charge in [0.1, 0.15) is 24.4 Å². The standard InChI is InChI=1S/C13H22O6/c1-12(2)15-6-7(17-12)8-9(14-5)10-11(16-8)19-13(3,4)18-10/h7-11H,6H2,1-5H3/t7?,8-,9-,10-,11-/m1/s1. The summed E-state index contributed by atoms with van der Waals surface area (Å²) in [6.45, 7) is 8.01. The van der Waals surface area contributed by atoms with Gasteiger partial charge in [0.2, 0.25) is 0 Å². The van der Waals surface area contributed by atoms with Gasteiger partial charge in [-0.2, -0.15) is 0 Å². The van der Waals surface area contributed by atoms with Crippen LogP contribution in [-0.4, -0.2) is 56.0 Å². The van der Waals surface area contributed by atoms with Crippen LogP contribution in [0.1, 0.15) is 27.7 Å². The van der Waals surface area contributed by atoms with Crippen molar-refractivity contribution in [2.24, 2.45) is 0 Å². The molecule has 0 aromatic rings. The summed E-state index contributed by atoms with van der Waals surface area (Å²) in [5, 5.41) is 0. The molecule has 0 aromatic carbocycles. The smallest absolute Gasteiger partial charge is 0.190 e. The van der Waals surface area contributed by atoms with Crippen LogP contribution in [-0.2, 0) is 28.4 Å². The number of rotatable bonds is 2. The first kappa shape index (κ1) is 13.7. The van der Waals surface area contributed by atoms with Gasteiger partial charge >= 0.3 is 0 Å². The minimum absolute atomic E-state index is 0.166. The van der Waals surface area contributed by atoms with Gasteiger partial charge in [-0.25, -0.2) is 0 Å². The van der Waals surface area contributed by atoms with Crippen LogP contribution in [0.5, 0.6) is 0 Å². The third kappa shape index (κ3) is 2.41. The molecule has 3 heterocycles. The summed E-state index contributed by atoms with van der Waals surface area (Å²) >= 11 is 0. The molecule has 3 saturated heterocycles. The molecule has 0 amide bonds. The van der Waals surface area contributed by atoms with Crippen LogP contribution >= 0.6 is 0 Å². The molecule has 0 aromatic heterocycles. The van der Waals surface area contributed by atoms with E-state index in [-0.39, 0.29) is 24.4 Å². The minimum Gasteiger partial charge on any atom is -0.376 e. The molecule has 6 heteroatoms. The average Bonchev–Trinajstić information content (AvgIpc) is 2.87. The zero-order chi connectivity index (χ0) is 13.8. The van der Waals surface area contributed by atoms with Crippen LogP contribution in [0, 0.1) is 0 Å². The Morgan fingerprint density at radius 1 is 0.947 bits per heavy atom. The molecule has 5 atom stereocenters. The van der Waals surface area contributed by atoms with Crippen molar-refractivity contribution < 1.29 is 28.4 Å². The van der Waals surface area contributed by atoms with Gasteiger partial charge in [-0.1, -0.05) is 0 Å². The number of fused-ring (bicyclic) bond motifs is 1. The van der Waals surface area contributed by atoms with E-state index in [1.807, 2.05) is 27.7 Å². The average molecular weight is 274 g/mol. The van der Waals surface area contributed by atoms with Gasteiger partial charge in [0, 0.05) is 7.11 Å². The molecule has 110 valence electrons. The number of methoxy groups -OCH3 is 1. The molecule has 0 aliphatic carbocycles. The van der Waals surface area contributed by atoms with Crippen LogP contribution in [0.15, 0.2) is 0 Å². The Morgan fingerprint density at radius 3 is 2.26 bits per heavy atom. The molecule has 0 bridgehead atoms. The van der Waals surface area contributed by atoms with Gasteiger partial charge in [-0.3, -0.25) is 0 Å². The summed E-state index contributed by atoms with van der Waals surface area (Å²) in [6, 6.07) is 0. The van der Waals surface area contributed by atoms with Gasteiger partial charge in [-0.15, -0.1) is 0 Å². The van der Waals surface area contributed by atoms with Crippen LogP contribution in [0.3, 0.4) is 0 Å².